The predicted molar refractivity (Wildman–Crippen MR) is 70.6 cm³/mol. The molecule has 1 aromatic rings. The lowest BCUT2D eigenvalue weighted by molar-refractivity contribution is 0.185. The molecule has 1 heterocycles. The number of urea groups is 1. The fourth-order valence-electron chi connectivity index (χ4n) is 2.02. The van der Waals surface area contributed by atoms with Gasteiger partial charge in [0.15, 0.2) is 0 Å². The number of para-hydroxylation sites is 1. The summed E-state index contributed by atoms with van der Waals surface area (Å²) in [6.45, 7) is 3.59. The van der Waals surface area contributed by atoms with E-state index in [9.17, 15) is 4.79 Å². The number of nitrogens with one attached hydrogen (secondary N) is 2. The van der Waals surface area contributed by atoms with Crippen LogP contribution in [0.3, 0.4) is 0 Å². The molecule has 0 aromatic heterocycles. The Labute approximate surface area is 107 Å². The third-order valence-corrected chi connectivity index (χ3v) is 2.96. The summed E-state index contributed by atoms with van der Waals surface area (Å²) in [6, 6.07) is 8.08. The number of hydrogen-bond acceptors (Lipinski definition) is 3. The van der Waals surface area contributed by atoms with Gasteiger partial charge in [0.1, 0.15) is 0 Å². The molecule has 5 nitrogen and oxygen atoms in total. The SMILES string of the molecule is COCc1ccccc1NCCN1CCNC1=O. The minimum absolute atomic E-state index is 0.0296. The van der Waals surface area contributed by atoms with Gasteiger partial charge in [0.2, 0.25) is 0 Å². The van der Waals surface area contributed by atoms with E-state index in [-0.39, 0.29) is 6.03 Å². The van der Waals surface area contributed by atoms with Crippen LogP contribution in [0.15, 0.2) is 24.3 Å². The second-order valence-corrected chi connectivity index (χ2v) is 4.24. The lowest BCUT2D eigenvalue weighted by Crippen LogP contribution is -2.32. The smallest absolute Gasteiger partial charge is 0.317 e. The van der Waals surface area contributed by atoms with Crippen LogP contribution in [-0.2, 0) is 11.3 Å². The normalized spacial score (nSPS) is 14.7. The molecular formula is C13H19N3O2. The highest BCUT2D eigenvalue weighted by Crippen LogP contribution is 2.15. The molecule has 0 aliphatic carbocycles. The van der Waals surface area contributed by atoms with Crippen molar-refractivity contribution >= 4 is 11.7 Å². The molecule has 0 saturated carbocycles. The van der Waals surface area contributed by atoms with Crippen LogP contribution in [0.25, 0.3) is 0 Å². The maximum Gasteiger partial charge on any atom is 0.317 e. The number of hydrogen-bond donors (Lipinski definition) is 2. The van der Waals surface area contributed by atoms with Crippen LogP contribution in [0, 0.1) is 0 Å². The Morgan fingerprint density at radius 1 is 1.44 bits per heavy atom. The summed E-state index contributed by atoms with van der Waals surface area (Å²) in [6.07, 6.45) is 0. The first-order valence-corrected chi connectivity index (χ1v) is 6.15. The molecule has 1 fully saturated rings. The van der Waals surface area contributed by atoms with Crippen LogP contribution in [0.4, 0.5) is 10.5 Å². The summed E-state index contributed by atoms with van der Waals surface area (Å²) in [5.74, 6) is 0. The van der Waals surface area contributed by atoms with Crippen molar-refractivity contribution in [3.05, 3.63) is 29.8 Å². The number of carbonyl (C=O) groups excluding carboxylic acids is 1. The maximum absolute atomic E-state index is 11.4. The number of rotatable bonds is 6. The van der Waals surface area contributed by atoms with Gasteiger partial charge in [-0.1, -0.05) is 18.2 Å². The van der Waals surface area contributed by atoms with Crippen LogP contribution in [-0.4, -0.2) is 44.2 Å². The Hall–Kier alpha value is -1.75. The molecule has 2 amide bonds. The van der Waals surface area contributed by atoms with Gasteiger partial charge >= 0.3 is 6.03 Å². The van der Waals surface area contributed by atoms with Gasteiger partial charge in [-0.2, -0.15) is 0 Å². The monoisotopic (exact) mass is 249 g/mol. The van der Waals surface area contributed by atoms with Crippen molar-refractivity contribution in [3.63, 3.8) is 0 Å². The van der Waals surface area contributed by atoms with E-state index < -0.39 is 0 Å². The molecule has 1 aromatic carbocycles. The Morgan fingerprint density at radius 2 is 2.28 bits per heavy atom. The Kier molecular flexibility index (Phi) is 4.41. The van der Waals surface area contributed by atoms with Crippen LogP contribution in [0.5, 0.6) is 0 Å². The van der Waals surface area contributed by atoms with Crippen molar-refractivity contribution in [3.8, 4) is 0 Å². The van der Waals surface area contributed by atoms with E-state index in [4.69, 9.17) is 4.74 Å². The van der Waals surface area contributed by atoms with Crippen LogP contribution in [0.2, 0.25) is 0 Å². The minimum Gasteiger partial charge on any atom is -0.383 e. The van der Waals surface area contributed by atoms with Crippen LogP contribution < -0.4 is 10.6 Å². The molecule has 2 N–H and O–H groups in total. The van der Waals surface area contributed by atoms with Crippen molar-refractivity contribution in [2.75, 3.05) is 38.6 Å². The highest BCUT2D eigenvalue weighted by Gasteiger charge is 2.18. The summed E-state index contributed by atoms with van der Waals surface area (Å²) >= 11 is 0. The number of carbonyl (C=O) groups is 1. The molecule has 0 spiro atoms. The van der Waals surface area contributed by atoms with Crippen molar-refractivity contribution in [2.24, 2.45) is 0 Å². The molecule has 0 bridgehead atoms. The Balaban J connectivity index is 1.84. The molecule has 18 heavy (non-hydrogen) atoms. The van der Waals surface area contributed by atoms with Gasteiger partial charge in [0, 0.05) is 44.5 Å². The molecule has 98 valence electrons. The van der Waals surface area contributed by atoms with Crippen molar-refractivity contribution < 1.29 is 9.53 Å². The second kappa shape index (κ2) is 6.26. The van der Waals surface area contributed by atoms with Gasteiger partial charge < -0.3 is 20.3 Å². The van der Waals surface area contributed by atoms with E-state index in [2.05, 4.69) is 10.6 Å². The summed E-state index contributed by atoms with van der Waals surface area (Å²) in [7, 11) is 1.69. The number of nitrogens with zero attached hydrogens (tertiary/aromatic N) is 1. The fourth-order valence-corrected chi connectivity index (χ4v) is 2.02. The first kappa shape index (κ1) is 12.7. The van der Waals surface area contributed by atoms with Gasteiger partial charge in [0.25, 0.3) is 0 Å². The lowest BCUT2D eigenvalue weighted by Gasteiger charge is -2.16. The van der Waals surface area contributed by atoms with E-state index in [0.29, 0.717) is 13.2 Å². The third kappa shape index (κ3) is 3.13. The summed E-state index contributed by atoms with van der Waals surface area (Å²) < 4.78 is 5.15. The molecule has 1 aliphatic rings. The van der Waals surface area contributed by atoms with Crippen LogP contribution >= 0.6 is 0 Å². The third-order valence-electron chi connectivity index (χ3n) is 2.96. The zero-order valence-corrected chi connectivity index (χ0v) is 10.6. The summed E-state index contributed by atoms with van der Waals surface area (Å²) in [5.41, 5.74) is 2.20. The number of anilines is 1. The van der Waals surface area contributed by atoms with Crippen LogP contribution in [0.1, 0.15) is 5.56 Å². The Morgan fingerprint density at radius 3 is 3.00 bits per heavy atom. The van der Waals surface area contributed by atoms with E-state index in [1.165, 1.54) is 0 Å². The molecular weight excluding hydrogens is 230 g/mol. The predicted octanol–water partition coefficient (Wildman–Crippen LogP) is 1.27. The second-order valence-electron chi connectivity index (χ2n) is 4.24. The summed E-state index contributed by atoms with van der Waals surface area (Å²) in [4.78, 5) is 13.2. The largest absolute Gasteiger partial charge is 0.383 e. The van der Waals surface area contributed by atoms with Crippen molar-refractivity contribution in [1.82, 2.24) is 10.2 Å². The first-order valence-electron chi connectivity index (χ1n) is 6.15. The topological polar surface area (TPSA) is 53.6 Å². The van der Waals surface area contributed by atoms with E-state index >= 15 is 0 Å². The minimum atomic E-state index is 0.0296. The highest BCUT2D eigenvalue weighted by atomic mass is 16.5. The van der Waals surface area contributed by atoms with Gasteiger partial charge in [-0.25, -0.2) is 4.79 Å². The molecule has 1 aliphatic heterocycles. The molecule has 1 saturated heterocycles. The van der Waals surface area contributed by atoms with Crippen molar-refractivity contribution in [1.29, 1.82) is 0 Å². The summed E-state index contributed by atoms with van der Waals surface area (Å²) in [5, 5.41) is 6.13. The lowest BCUT2D eigenvalue weighted by atomic mass is 10.2. The van der Waals surface area contributed by atoms with Gasteiger partial charge in [-0.05, 0) is 6.07 Å². The highest BCUT2D eigenvalue weighted by molar-refractivity contribution is 5.76. The van der Waals surface area contributed by atoms with Gasteiger partial charge in [0.05, 0.1) is 6.61 Å². The molecule has 0 radical (unpaired) electrons. The maximum atomic E-state index is 11.4. The fraction of sp³-hybridized carbons (Fsp3) is 0.462. The average molecular weight is 249 g/mol. The quantitative estimate of drug-likeness (QED) is 0.798. The molecule has 0 unspecified atom stereocenters. The van der Waals surface area contributed by atoms with Crippen molar-refractivity contribution in [2.45, 2.75) is 6.61 Å². The number of benzene rings is 1. The molecule has 2 rings (SSSR count). The van der Waals surface area contributed by atoms with E-state index in [1.54, 1.807) is 7.11 Å². The average Bonchev–Trinajstić information content (AvgIpc) is 2.78. The zero-order valence-electron chi connectivity index (χ0n) is 10.6. The first-order chi connectivity index (χ1) is 8.81. The van der Waals surface area contributed by atoms with Gasteiger partial charge in [-0.3, -0.25) is 0 Å². The van der Waals surface area contributed by atoms with E-state index in [0.717, 1.165) is 30.9 Å². The number of amides is 2. The Bertz CT molecular complexity index is 409. The van der Waals surface area contributed by atoms with E-state index in [1.807, 2.05) is 29.2 Å². The number of ether oxygens (including phenoxy) is 1. The molecule has 0 atom stereocenters. The standard InChI is InChI=1S/C13H19N3O2/c1-18-10-11-4-2-3-5-12(11)14-6-8-16-9-7-15-13(16)17/h2-5,14H,6-10H2,1H3,(H,15,17). The zero-order chi connectivity index (χ0) is 12.8. The number of methoxy groups -OCH3 is 1. The van der Waals surface area contributed by atoms with Gasteiger partial charge in [-0.15, -0.1) is 0 Å². The molecule has 5 heteroatoms.